The molecule has 0 bridgehead atoms. The lowest BCUT2D eigenvalue weighted by Crippen LogP contribution is -2.61. The topological polar surface area (TPSA) is 22.2 Å². The molecule has 428 valence electrons. The second-order valence-corrected chi connectivity index (χ2v) is 27.0. The van der Waals surface area contributed by atoms with Gasteiger partial charge in [0.1, 0.15) is 11.5 Å². The lowest BCUT2D eigenvalue weighted by atomic mass is 9.33. The fraction of sp³-hybridized carbons (Fsp3) is 0.0602. The minimum absolute atomic E-state index is 0.0907. The normalized spacial score (nSPS) is 14.3. The number of para-hydroxylation sites is 7. The Hall–Kier alpha value is -10.7. The molecular formula is C83H58B2N4OS. The highest BCUT2D eigenvalue weighted by atomic mass is 32.2. The Balaban J connectivity index is 0.912. The quantitative estimate of drug-likeness (QED) is 0.154. The van der Waals surface area contributed by atoms with Gasteiger partial charge in [-0.2, -0.15) is 0 Å². The number of rotatable bonds is 6. The van der Waals surface area contributed by atoms with E-state index < -0.39 is 5.41 Å². The predicted molar refractivity (Wildman–Crippen MR) is 381 cm³/mol. The Labute approximate surface area is 536 Å². The van der Waals surface area contributed by atoms with Crippen LogP contribution in [0.4, 0.5) is 68.2 Å². The van der Waals surface area contributed by atoms with Crippen molar-refractivity contribution >= 4 is 126 Å². The highest BCUT2D eigenvalue weighted by Crippen LogP contribution is 2.64. The van der Waals surface area contributed by atoms with Crippen LogP contribution in [0.2, 0.25) is 0 Å². The summed E-state index contributed by atoms with van der Waals surface area (Å²) in [5.74, 6) is 1.73. The highest BCUT2D eigenvalue weighted by Gasteiger charge is 2.54. The summed E-state index contributed by atoms with van der Waals surface area (Å²) < 4.78 is 7.30. The maximum atomic E-state index is 7.30. The fourth-order valence-electron chi connectivity index (χ4n) is 16.2. The summed E-state index contributed by atoms with van der Waals surface area (Å²) in [5.41, 5.74) is 29.2. The number of nitrogens with zero attached hydrogens (tertiary/aromatic N) is 4. The molecule has 8 heteroatoms. The molecule has 13 aromatic carbocycles. The van der Waals surface area contributed by atoms with E-state index in [0.717, 1.165) is 67.9 Å². The van der Waals surface area contributed by atoms with Crippen LogP contribution in [0.5, 0.6) is 11.5 Å². The zero-order valence-corrected chi connectivity index (χ0v) is 51.4. The molecular weight excluding hydrogens is 1120 g/mol. The van der Waals surface area contributed by atoms with Crippen molar-refractivity contribution in [2.75, 3.05) is 19.6 Å². The first-order valence-electron chi connectivity index (χ1n) is 31.7. The van der Waals surface area contributed by atoms with E-state index in [0.29, 0.717) is 0 Å². The van der Waals surface area contributed by atoms with Crippen molar-refractivity contribution in [3.8, 4) is 22.6 Å². The van der Waals surface area contributed by atoms with Crippen LogP contribution in [0.15, 0.2) is 307 Å². The average Bonchev–Trinajstić information content (AvgIpc) is 1.67. The molecule has 0 N–H and O–H groups in total. The van der Waals surface area contributed by atoms with Gasteiger partial charge in [0.05, 0.1) is 11.1 Å². The van der Waals surface area contributed by atoms with Crippen LogP contribution in [-0.4, -0.2) is 13.4 Å². The minimum atomic E-state index is -0.727. The van der Waals surface area contributed by atoms with Gasteiger partial charge in [-0.05, 0) is 180 Å². The lowest BCUT2D eigenvalue weighted by molar-refractivity contribution is 0.487. The van der Waals surface area contributed by atoms with Crippen LogP contribution < -0.4 is 57.1 Å². The molecule has 5 heterocycles. The first-order chi connectivity index (χ1) is 44.8. The van der Waals surface area contributed by atoms with E-state index in [2.05, 4.69) is 338 Å². The van der Waals surface area contributed by atoms with E-state index in [1.54, 1.807) is 0 Å². The molecule has 1 aliphatic carbocycles. The first-order valence-corrected chi connectivity index (χ1v) is 32.5. The van der Waals surface area contributed by atoms with Gasteiger partial charge in [0.15, 0.2) is 0 Å². The van der Waals surface area contributed by atoms with Gasteiger partial charge in [0.25, 0.3) is 13.4 Å². The standard InChI is InChI=1S/C83H58B2N4OS/c1-82(2,3)53-45-73-80-74(46-53)88(57-33-15-7-16-34-57)71-51-78-64(49-68(71)84(80)66-41-23-25-43-70(66)87(73)56-31-13-6-14-32-56)83(62-39-21-19-37-60(62)61-38-20-22-40-63(61)83)65-50-69-72(52-79(65)91-78)89(58-35-17-8-18-36-58)75-47-59(48-77-81(75)85(69)67-42-24-26-44-76(67)90-77)86(54-27-9-4-10-28-54)55-29-11-5-12-30-55/h4-52H,1-3H3. The maximum Gasteiger partial charge on any atom is 0.256 e. The SMILES string of the molecule is CC(C)(C)c1cc2c3c(c1)N(c1ccccc1)c1cc4c(cc1B3c1ccccc1N2c1ccccc1)C1(c2cc3c(cc2S4)N(c2ccccc2)c2cc(N(c4ccccc4)c4ccccc4)cc4c2B3c2ccccc2O4)c2ccccc2-c2ccccc21. The second-order valence-electron chi connectivity index (χ2n) is 25.9. The van der Waals surface area contributed by atoms with Gasteiger partial charge < -0.3 is 24.3 Å². The third-order valence-electron chi connectivity index (χ3n) is 20.0. The molecule has 5 nitrogen and oxygen atoms in total. The van der Waals surface area contributed by atoms with Gasteiger partial charge in [-0.15, -0.1) is 0 Å². The smallest absolute Gasteiger partial charge is 0.256 e. The van der Waals surface area contributed by atoms with Crippen molar-refractivity contribution in [3.63, 3.8) is 0 Å². The molecule has 0 aromatic heterocycles. The van der Waals surface area contributed by atoms with E-state index in [4.69, 9.17) is 4.74 Å². The van der Waals surface area contributed by atoms with Crippen molar-refractivity contribution in [1.29, 1.82) is 0 Å². The number of hydrogen-bond donors (Lipinski definition) is 0. The predicted octanol–water partition coefficient (Wildman–Crippen LogP) is 17.8. The zero-order chi connectivity index (χ0) is 60.3. The monoisotopic (exact) mass is 1180 g/mol. The molecule has 6 aliphatic rings. The molecule has 1 spiro atoms. The molecule has 0 amide bonds. The Morgan fingerprint density at radius 3 is 1.30 bits per heavy atom. The van der Waals surface area contributed by atoms with Crippen LogP contribution in [0.25, 0.3) is 11.1 Å². The number of fused-ring (bicyclic) bond motifs is 17. The fourth-order valence-corrected chi connectivity index (χ4v) is 17.5. The van der Waals surface area contributed by atoms with Crippen LogP contribution in [0.1, 0.15) is 48.6 Å². The number of ether oxygens (including phenoxy) is 1. The van der Waals surface area contributed by atoms with Gasteiger partial charge in [0.2, 0.25) is 0 Å². The zero-order valence-electron chi connectivity index (χ0n) is 50.6. The first kappa shape index (κ1) is 52.3. The molecule has 5 aliphatic heterocycles. The van der Waals surface area contributed by atoms with E-state index in [1.165, 1.54) is 93.3 Å². The van der Waals surface area contributed by atoms with E-state index in [-0.39, 0.29) is 18.8 Å². The summed E-state index contributed by atoms with van der Waals surface area (Å²) in [6.07, 6.45) is 0. The molecule has 0 radical (unpaired) electrons. The third-order valence-corrected chi connectivity index (χ3v) is 21.1. The van der Waals surface area contributed by atoms with Crippen molar-refractivity contribution in [3.05, 3.63) is 325 Å². The summed E-state index contributed by atoms with van der Waals surface area (Å²) in [6.45, 7) is 6.81. The number of benzene rings is 13. The molecule has 0 fully saturated rings. The lowest BCUT2D eigenvalue weighted by Gasteiger charge is -2.47. The molecule has 91 heavy (non-hydrogen) atoms. The molecule has 19 rings (SSSR count). The van der Waals surface area contributed by atoms with Gasteiger partial charge >= 0.3 is 0 Å². The van der Waals surface area contributed by atoms with Crippen LogP contribution in [0, 0.1) is 0 Å². The summed E-state index contributed by atoms with van der Waals surface area (Å²) in [5, 5.41) is 0. The van der Waals surface area contributed by atoms with Crippen LogP contribution >= 0.6 is 11.8 Å². The molecule has 13 aromatic rings. The van der Waals surface area contributed by atoms with Gasteiger partial charge in [-0.3, -0.25) is 0 Å². The van der Waals surface area contributed by atoms with E-state index in [1.807, 2.05) is 11.8 Å². The average molecular weight is 1180 g/mol. The van der Waals surface area contributed by atoms with Crippen molar-refractivity contribution in [2.24, 2.45) is 0 Å². The van der Waals surface area contributed by atoms with Crippen LogP contribution in [-0.2, 0) is 10.8 Å². The number of anilines is 12. The highest BCUT2D eigenvalue weighted by molar-refractivity contribution is 7.99. The van der Waals surface area contributed by atoms with Crippen LogP contribution in [0.3, 0.4) is 0 Å². The largest absolute Gasteiger partial charge is 0.458 e. The van der Waals surface area contributed by atoms with Crippen molar-refractivity contribution in [1.82, 2.24) is 0 Å². The Morgan fingerprint density at radius 1 is 0.341 bits per heavy atom. The third kappa shape index (κ3) is 7.51. The van der Waals surface area contributed by atoms with Gasteiger partial charge in [-0.25, -0.2) is 0 Å². The van der Waals surface area contributed by atoms with Gasteiger partial charge in [0, 0.05) is 78.4 Å². The second kappa shape index (κ2) is 19.7. The minimum Gasteiger partial charge on any atom is -0.458 e. The molecule has 0 atom stereocenters. The summed E-state index contributed by atoms with van der Waals surface area (Å²) in [6, 6.07) is 111. The molecule has 0 saturated carbocycles. The van der Waals surface area contributed by atoms with Gasteiger partial charge in [-0.1, -0.05) is 221 Å². The Kier molecular flexibility index (Phi) is 11.3. The summed E-state index contributed by atoms with van der Waals surface area (Å²) >= 11 is 1.93. The Bertz CT molecular complexity index is 5070. The van der Waals surface area contributed by atoms with Crippen molar-refractivity contribution in [2.45, 2.75) is 41.4 Å². The maximum absolute atomic E-state index is 7.30. The number of hydrogen-bond acceptors (Lipinski definition) is 6. The van der Waals surface area contributed by atoms with E-state index >= 15 is 0 Å². The summed E-state index contributed by atoms with van der Waals surface area (Å²) in [7, 11) is 0. The van der Waals surface area contributed by atoms with E-state index in [9.17, 15) is 0 Å². The Morgan fingerprint density at radius 2 is 0.769 bits per heavy atom. The molecule has 0 saturated heterocycles. The summed E-state index contributed by atoms with van der Waals surface area (Å²) in [4.78, 5) is 12.5. The van der Waals surface area contributed by atoms with Crippen molar-refractivity contribution < 1.29 is 4.74 Å². The molecule has 0 unspecified atom stereocenters.